The molecule has 9 aromatic rings. The Bertz CT molecular complexity index is 2460. The van der Waals surface area contributed by atoms with E-state index in [-0.39, 0.29) is 0 Å². The van der Waals surface area contributed by atoms with E-state index >= 15 is 0 Å². The number of rotatable bonds is 7. The molecule has 0 saturated heterocycles. The lowest BCUT2D eigenvalue weighted by Crippen LogP contribution is -2.10. The highest BCUT2D eigenvalue weighted by Crippen LogP contribution is 2.38. The van der Waals surface area contributed by atoms with Crippen molar-refractivity contribution in [2.45, 2.75) is 0 Å². The minimum Gasteiger partial charge on any atom is -0.310 e. The average Bonchev–Trinajstić information content (AvgIpc) is 3.77. The highest BCUT2D eigenvalue weighted by Gasteiger charge is 2.21. The Balaban J connectivity index is 1.21. The van der Waals surface area contributed by atoms with Gasteiger partial charge in [-0.05, 0) is 72.8 Å². The third kappa shape index (κ3) is 5.03. The minimum absolute atomic E-state index is 0.664. The summed E-state index contributed by atoms with van der Waals surface area (Å²) in [5.74, 6) is 1.39. The Morgan fingerprint density at radius 1 is 0.408 bits per heavy atom. The largest absolute Gasteiger partial charge is 0.310 e. The summed E-state index contributed by atoms with van der Waals surface area (Å²) < 4.78 is 4.40. The molecule has 6 heteroatoms. The molecule has 3 aromatic heterocycles. The number of aromatic nitrogens is 5. The first-order valence-corrected chi connectivity index (χ1v) is 16.3. The van der Waals surface area contributed by atoms with E-state index < -0.39 is 0 Å². The summed E-state index contributed by atoms with van der Waals surface area (Å²) in [4.78, 5) is 7.11. The number of nitrogens with zero attached hydrogens (tertiary/aromatic N) is 6. The van der Waals surface area contributed by atoms with Crippen LogP contribution in [0.25, 0.3) is 56.1 Å². The van der Waals surface area contributed by atoms with Gasteiger partial charge >= 0.3 is 0 Å². The first kappa shape index (κ1) is 28.4. The molecule has 0 aliphatic rings. The average molecular weight is 631 g/mol. The number of pyridine rings is 1. The molecule has 0 aliphatic carbocycles. The Hall–Kier alpha value is -6.79. The van der Waals surface area contributed by atoms with E-state index in [0.29, 0.717) is 5.82 Å². The molecule has 0 aliphatic heterocycles. The van der Waals surface area contributed by atoms with E-state index in [1.807, 2.05) is 36.5 Å². The van der Waals surface area contributed by atoms with Crippen LogP contribution < -0.4 is 4.90 Å². The predicted octanol–water partition coefficient (Wildman–Crippen LogP) is 10.6. The Morgan fingerprint density at radius 2 is 0.959 bits per heavy atom. The fraction of sp³-hybridized carbons (Fsp3) is 0. The van der Waals surface area contributed by atoms with Gasteiger partial charge < -0.3 is 9.47 Å². The monoisotopic (exact) mass is 630 g/mol. The van der Waals surface area contributed by atoms with Crippen LogP contribution in [0.5, 0.6) is 0 Å². The maximum absolute atomic E-state index is 4.85. The van der Waals surface area contributed by atoms with Gasteiger partial charge in [0.05, 0.1) is 11.0 Å². The zero-order valence-electron chi connectivity index (χ0n) is 26.5. The van der Waals surface area contributed by atoms with Crippen molar-refractivity contribution in [3.8, 4) is 34.3 Å². The second-order valence-electron chi connectivity index (χ2n) is 11.8. The van der Waals surface area contributed by atoms with Gasteiger partial charge in [0.15, 0.2) is 11.6 Å². The molecule has 0 amide bonds. The van der Waals surface area contributed by atoms with Gasteiger partial charge in [-0.2, -0.15) is 0 Å². The van der Waals surface area contributed by atoms with Crippen molar-refractivity contribution in [2.75, 3.05) is 4.90 Å². The topological polar surface area (TPSA) is 51.8 Å². The Kier molecular flexibility index (Phi) is 7.02. The van der Waals surface area contributed by atoms with Crippen LogP contribution in [0.4, 0.5) is 17.1 Å². The highest BCUT2D eigenvalue weighted by molar-refractivity contribution is 6.09. The van der Waals surface area contributed by atoms with Crippen LogP contribution >= 0.6 is 0 Å². The summed E-state index contributed by atoms with van der Waals surface area (Å²) in [5, 5.41) is 12.1. The van der Waals surface area contributed by atoms with E-state index in [0.717, 1.165) is 56.6 Å². The third-order valence-electron chi connectivity index (χ3n) is 8.88. The van der Waals surface area contributed by atoms with Crippen LogP contribution in [0.15, 0.2) is 182 Å². The normalized spacial score (nSPS) is 11.3. The second kappa shape index (κ2) is 12.1. The first-order chi connectivity index (χ1) is 24.3. The summed E-state index contributed by atoms with van der Waals surface area (Å²) in [5.41, 5.74) is 9.08. The molecule has 0 spiro atoms. The Labute approximate surface area is 283 Å². The molecule has 0 bridgehead atoms. The summed E-state index contributed by atoms with van der Waals surface area (Å²) in [6, 6.07) is 60.8. The zero-order valence-corrected chi connectivity index (χ0v) is 26.5. The quantitative estimate of drug-likeness (QED) is 0.176. The molecule has 6 aromatic carbocycles. The van der Waals surface area contributed by atoms with Gasteiger partial charge in [-0.1, -0.05) is 103 Å². The van der Waals surface area contributed by atoms with Gasteiger partial charge in [0.25, 0.3) is 0 Å². The van der Waals surface area contributed by atoms with Crippen LogP contribution in [-0.2, 0) is 0 Å². The van der Waals surface area contributed by atoms with E-state index in [4.69, 9.17) is 15.2 Å². The third-order valence-corrected chi connectivity index (χ3v) is 8.88. The van der Waals surface area contributed by atoms with Crippen LogP contribution in [0.2, 0.25) is 0 Å². The predicted molar refractivity (Wildman–Crippen MR) is 199 cm³/mol. The second-order valence-corrected chi connectivity index (χ2v) is 11.8. The summed E-state index contributed by atoms with van der Waals surface area (Å²) in [7, 11) is 0. The number of benzene rings is 6. The van der Waals surface area contributed by atoms with E-state index in [9.17, 15) is 0 Å². The minimum atomic E-state index is 0.664. The number of hydrogen-bond donors (Lipinski definition) is 0. The van der Waals surface area contributed by atoms with Crippen molar-refractivity contribution in [3.63, 3.8) is 0 Å². The molecule has 0 N–H and O–H groups in total. The molecule has 49 heavy (non-hydrogen) atoms. The van der Waals surface area contributed by atoms with Crippen LogP contribution in [0, 0.1) is 0 Å². The molecule has 0 unspecified atom stereocenters. The van der Waals surface area contributed by atoms with Crippen molar-refractivity contribution in [2.24, 2.45) is 0 Å². The van der Waals surface area contributed by atoms with Gasteiger partial charge in [0, 0.05) is 51.0 Å². The van der Waals surface area contributed by atoms with Crippen molar-refractivity contribution < 1.29 is 0 Å². The van der Waals surface area contributed by atoms with Crippen molar-refractivity contribution in [3.05, 3.63) is 182 Å². The number of para-hydroxylation sites is 5. The van der Waals surface area contributed by atoms with Crippen molar-refractivity contribution in [1.82, 2.24) is 24.3 Å². The molecule has 0 fully saturated rings. The molecule has 232 valence electrons. The van der Waals surface area contributed by atoms with Gasteiger partial charge in [0.1, 0.15) is 5.69 Å². The van der Waals surface area contributed by atoms with Crippen LogP contribution in [0.3, 0.4) is 0 Å². The van der Waals surface area contributed by atoms with Gasteiger partial charge in [0.2, 0.25) is 0 Å². The lowest BCUT2D eigenvalue weighted by atomic mass is 10.1. The molecule has 6 nitrogen and oxygen atoms in total. The number of hydrogen-bond acceptors (Lipinski definition) is 4. The number of anilines is 3. The van der Waals surface area contributed by atoms with Gasteiger partial charge in [-0.3, -0.25) is 9.55 Å². The SMILES string of the molecule is c1ccc(N(c2ccccc2)c2cccc(-c3nnc(-c4cc(-n5c6ccccc6c6ccccc65)ccn4)n3-c3ccccc3)c2)cc1. The molecule has 0 radical (unpaired) electrons. The van der Waals surface area contributed by atoms with Gasteiger partial charge in [-0.25, -0.2) is 0 Å². The fourth-order valence-corrected chi connectivity index (χ4v) is 6.73. The maximum atomic E-state index is 4.85. The highest BCUT2D eigenvalue weighted by atomic mass is 15.3. The summed E-state index contributed by atoms with van der Waals surface area (Å²) in [6.07, 6.45) is 1.86. The van der Waals surface area contributed by atoms with E-state index in [2.05, 4.69) is 160 Å². The lowest BCUT2D eigenvalue weighted by Gasteiger charge is -2.25. The lowest BCUT2D eigenvalue weighted by molar-refractivity contribution is 1.05. The van der Waals surface area contributed by atoms with Crippen LogP contribution in [-0.4, -0.2) is 24.3 Å². The summed E-state index contributed by atoms with van der Waals surface area (Å²) in [6.45, 7) is 0. The maximum Gasteiger partial charge on any atom is 0.187 e. The zero-order chi connectivity index (χ0) is 32.6. The molecular formula is C43H30N6. The number of fused-ring (bicyclic) bond motifs is 3. The van der Waals surface area contributed by atoms with E-state index in [1.165, 1.54) is 10.8 Å². The van der Waals surface area contributed by atoms with Gasteiger partial charge in [-0.15, -0.1) is 10.2 Å². The smallest absolute Gasteiger partial charge is 0.187 e. The fourth-order valence-electron chi connectivity index (χ4n) is 6.73. The Morgan fingerprint density at radius 3 is 1.61 bits per heavy atom. The summed E-state index contributed by atoms with van der Waals surface area (Å²) >= 11 is 0. The first-order valence-electron chi connectivity index (χ1n) is 16.3. The van der Waals surface area contributed by atoms with Crippen molar-refractivity contribution >= 4 is 38.9 Å². The standard InChI is InChI=1S/C43H30N6/c1-4-16-32(17-5-1)47(33-18-6-2-7-19-33)35-22-14-15-31(29-35)42-45-46-43(49(42)34-20-8-3-9-21-34)39-30-36(27-28-44-39)48-40-25-12-10-23-37(40)38-24-11-13-26-41(38)48/h1-30H. The molecule has 9 rings (SSSR count). The van der Waals surface area contributed by atoms with Crippen LogP contribution in [0.1, 0.15) is 0 Å². The van der Waals surface area contributed by atoms with E-state index in [1.54, 1.807) is 0 Å². The van der Waals surface area contributed by atoms with Crippen molar-refractivity contribution in [1.29, 1.82) is 0 Å². The molecule has 0 atom stereocenters. The molecule has 3 heterocycles. The molecule has 0 saturated carbocycles. The molecular weight excluding hydrogens is 601 g/mol.